The van der Waals surface area contributed by atoms with Crippen LogP contribution in [0.15, 0.2) is 24.3 Å². The van der Waals surface area contributed by atoms with Gasteiger partial charge in [-0.1, -0.05) is 6.92 Å². The van der Waals surface area contributed by atoms with Gasteiger partial charge in [-0.15, -0.1) is 0 Å². The van der Waals surface area contributed by atoms with Gasteiger partial charge in [-0.25, -0.2) is 0 Å². The number of benzene rings is 1. The largest absolute Gasteiger partial charge is 0.388 e. The van der Waals surface area contributed by atoms with Crippen molar-refractivity contribution in [2.75, 3.05) is 32.0 Å². The molecule has 0 spiro atoms. The Kier molecular flexibility index (Phi) is 4.80. The number of likely N-dealkylation sites (tertiary alicyclic amines) is 1. The van der Waals surface area contributed by atoms with E-state index in [1.54, 1.807) is 0 Å². The van der Waals surface area contributed by atoms with Crippen molar-refractivity contribution in [3.05, 3.63) is 29.8 Å². The summed E-state index contributed by atoms with van der Waals surface area (Å²) in [5.74, 6) is 0.0191. The summed E-state index contributed by atoms with van der Waals surface area (Å²) in [5, 5.41) is 6.09. The number of nitrogens with zero attached hydrogens (tertiary/aromatic N) is 1. The summed E-state index contributed by atoms with van der Waals surface area (Å²) in [6.07, 6.45) is 2.43. The fraction of sp³-hybridized carbons (Fsp3) is 0.533. The lowest BCUT2D eigenvalue weighted by atomic mass is 10.1. The Hall–Kier alpha value is -1.55. The highest BCUT2D eigenvalue weighted by atomic mass is 16.1. The minimum atomic E-state index is 0.0191. The molecule has 4 nitrogen and oxygen atoms in total. The molecule has 2 N–H and O–H groups in total. The van der Waals surface area contributed by atoms with Gasteiger partial charge in [-0.05, 0) is 50.2 Å². The maximum atomic E-state index is 12.0. The second-order valence-corrected chi connectivity index (χ2v) is 4.96. The maximum absolute atomic E-state index is 12.0. The zero-order valence-electron chi connectivity index (χ0n) is 11.8. The van der Waals surface area contributed by atoms with E-state index in [-0.39, 0.29) is 5.91 Å². The fourth-order valence-electron chi connectivity index (χ4n) is 2.64. The minimum Gasteiger partial charge on any atom is -0.388 e. The maximum Gasteiger partial charge on any atom is 0.251 e. The van der Waals surface area contributed by atoms with Gasteiger partial charge < -0.3 is 10.6 Å². The molecule has 1 aromatic rings. The molecule has 1 unspecified atom stereocenters. The van der Waals surface area contributed by atoms with Crippen LogP contribution in [-0.4, -0.2) is 43.5 Å². The topological polar surface area (TPSA) is 44.4 Å². The van der Waals surface area contributed by atoms with Crippen molar-refractivity contribution in [3.63, 3.8) is 0 Å². The SMILES string of the molecule is CCN1CCCC1CNC(=O)c1ccc(NC)cc1. The van der Waals surface area contributed by atoms with Gasteiger partial charge in [0.2, 0.25) is 0 Å². The smallest absolute Gasteiger partial charge is 0.251 e. The molecule has 104 valence electrons. The molecular weight excluding hydrogens is 238 g/mol. The Morgan fingerprint density at radius 2 is 2.11 bits per heavy atom. The summed E-state index contributed by atoms with van der Waals surface area (Å²) in [7, 11) is 1.87. The van der Waals surface area contributed by atoms with Gasteiger partial charge in [0.1, 0.15) is 0 Å². The molecule has 0 saturated carbocycles. The molecule has 1 saturated heterocycles. The van der Waals surface area contributed by atoms with Crippen molar-refractivity contribution in [3.8, 4) is 0 Å². The number of hydrogen-bond donors (Lipinski definition) is 2. The number of nitrogens with one attached hydrogen (secondary N) is 2. The van der Waals surface area contributed by atoms with E-state index in [4.69, 9.17) is 0 Å². The van der Waals surface area contributed by atoms with Crippen LogP contribution in [0.2, 0.25) is 0 Å². The highest BCUT2D eigenvalue weighted by Crippen LogP contribution is 2.16. The van der Waals surface area contributed by atoms with E-state index in [0.29, 0.717) is 6.04 Å². The predicted molar refractivity (Wildman–Crippen MR) is 78.6 cm³/mol. The third-order valence-electron chi connectivity index (χ3n) is 3.84. The Bertz CT molecular complexity index is 416. The fourth-order valence-corrected chi connectivity index (χ4v) is 2.64. The van der Waals surface area contributed by atoms with Crippen molar-refractivity contribution < 1.29 is 4.79 Å². The standard InChI is InChI=1S/C15H23N3O/c1-3-18-10-4-5-14(18)11-17-15(19)12-6-8-13(16-2)9-7-12/h6-9,14,16H,3-5,10-11H2,1-2H3,(H,17,19). The van der Waals surface area contributed by atoms with E-state index < -0.39 is 0 Å². The van der Waals surface area contributed by atoms with Crippen LogP contribution in [0.4, 0.5) is 5.69 Å². The van der Waals surface area contributed by atoms with E-state index in [9.17, 15) is 4.79 Å². The molecule has 0 aliphatic carbocycles. The molecule has 2 rings (SSSR count). The Morgan fingerprint density at radius 3 is 2.74 bits per heavy atom. The number of hydrogen-bond acceptors (Lipinski definition) is 3. The average Bonchev–Trinajstić information content (AvgIpc) is 2.92. The number of likely N-dealkylation sites (N-methyl/N-ethyl adjacent to an activating group) is 1. The lowest BCUT2D eigenvalue weighted by molar-refractivity contribution is 0.0941. The van der Waals surface area contributed by atoms with Gasteiger partial charge in [0.25, 0.3) is 5.91 Å². The lowest BCUT2D eigenvalue weighted by Gasteiger charge is -2.22. The van der Waals surface area contributed by atoms with Gasteiger partial charge in [-0.3, -0.25) is 9.69 Å². The average molecular weight is 261 g/mol. The Morgan fingerprint density at radius 1 is 1.37 bits per heavy atom. The van der Waals surface area contributed by atoms with E-state index in [2.05, 4.69) is 22.5 Å². The summed E-state index contributed by atoms with van der Waals surface area (Å²) in [6.45, 7) is 5.16. The van der Waals surface area contributed by atoms with Crippen LogP contribution >= 0.6 is 0 Å². The molecular formula is C15H23N3O. The van der Waals surface area contributed by atoms with Crippen LogP contribution in [-0.2, 0) is 0 Å². The van der Waals surface area contributed by atoms with Crippen LogP contribution < -0.4 is 10.6 Å². The molecule has 1 atom stereocenters. The molecule has 1 fully saturated rings. The molecule has 1 heterocycles. The molecule has 1 aromatic carbocycles. The first-order valence-corrected chi connectivity index (χ1v) is 7.04. The first-order valence-electron chi connectivity index (χ1n) is 7.04. The monoisotopic (exact) mass is 261 g/mol. The van der Waals surface area contributed by atoms with Crippen molar-refractivity contribution in [2.24, 2.45) is 0 Å². The van der Waals surface area contributed by atoms with Gasteiger partial charge >= 0.3 is 0 Å². The molecule has 1 aliphatic heterocycles. The quantitative estimate of drug-likeness (QED) is 0.851. The van der Waals surface area contributed by atoms with Crippen molar-refractivity contribution >= 4 is 11.6 Å². The molecule has 1 amide bonds. The number of anilines is 1. The first kappa shape index (κ1) is 13.9. The summed E-state index contributed by atoms with van der Waals surface area (Å²) >= 11 is 0. The van der Waals surface area contributed by atoms with Gasteiger partial charge in [-0.2, -0.15) is 0 Å². The zero-order valence-corrected chi connectivity index (χ0v) is 11.8. The van der Waals surface area contributed by atoms with Crippen LogP contribution in [0.1, 0.15) is 30.1 Å². The first-order chi connectivity index (χ1) is 9.24. The van der Waals surface area contributed by atoms with E-state index in [1.165, 1.54) is 12.8 Å². The second-order valence-electron chi connectivity index (χ2n) is 4.96. The van der Waals surface area contributed by atoms with Crippen molar-refractivity contribution in [1.29, 1.82) is 0 Å². The van der Waals surface area contributed by atoms with Gasteiger partial charge in [0.15, 0.2) is 0 Å². The molecule has 19 heavy (non-hydrogen) atoms. The normalized spacial score (nSPS) is 19.4. The zero-order chi connectivity index (χ0) is 13.7. The third kappa shape index (κ3) is 3.47. The number of rotatable bonds is 5. The second kappa shape index (κ2) is 6.57. The van der Waals surface area contributed by atoms with Crippen LogP contribution in [0.25, 0.3) is 0 Å². The van der Waals surface area contributed by atoms with Gasteiger partial charge in [0, 0.05) is 30.9 Å². The summed E-state index contributed by atoms with van der Waals surface area (Å²) in [5.41, 5.74) is 1.74. The van der Waals surface area contributed by atoms with Crippen LogP contribution in [0.5, 0.6) is 0 Å². The minimum absolute atomic E-state index is 0.0191. The Labute approximate surface area is 115 Å². The molecule has 4 heteroatoms. The summed E-state index contributed by atoms with van der Waals surface area (Å²) in [4.78, 5) is 14.5. The van der Waals surface area contributed by atoms with Crippen LogP contribution in [0, 0.1) is 0 Å². The molecule has 0 bridgehead atoms. The molecule has 0 aromatic heterocycles. The van der Waals surface area contributed by atoms with E-state index in [1.807, 2.05) is 31.3 Å². The highest BCUT2D eigenvalue weighted by Gasteiger charge is 2.23. The predicted octanol–water partition coefficient (Wildman–Crippen LogP) is 1.94. The van der Waals surface area contributed by atoms with Gasteiger partial charge in [0.05, 0.1) is 0 Å². The molecule has 1 aliphatic rings. The number of amides is 1. The highest BCUT2D eigenvalue weighted by molar-refractivity contribution is 5.94. The number of carbonyl (C=O) groups is 1. The van der Waals surface area contributed by atoms with E-state index >= 15 is 0 Å². The Balaban J connectivity index is 1.86. The van der Waals surface area contributed by atoms with Crippen molar-refractivity contribution in [1.82, 2.24) is 10.2 Å². The third-order valence-corrected chi connectivity index (χ3v) is 3.84. The molecule has 0 radical (unpaired) electrons. The van der Waals surface area contributed by atoms with Crippen LogP contribution in [0.3, 0.4) is 0 Å². The van der Waals surface area contributed by atoms with Crippen molar-refractivity contribution in [2.45, 2.75) is 25.8 Å². The summed E-state index contributed by atoms with van der Waals surface area (Å²) < 4.78 is 0. The number of carbonyl (C=O) groups excluding carboxylic acids is 1. The summed E-state index contributed by atoms with van der Waals surface area (Å²) in [6, 6.07) is 8.05. The lowest BCUT2D eigenvalue weighted by Crippen LogP contribution is -2.40. The van der Waals surface area contributed by atoms with E-state index in [0.717, 1.165) is 30.9 Å².